The van der Waals surface area contributed by atoms with Crippen molar-refractivity contribution in [1.29, 1.82) is 10.5 Å². The summed E-state index contributed by atoms with van der Waals surface area (Å²) in [5.41, 5.74) is 2.98. The highest BCUT2D eigenvalue weighted by Crippen LogP contribution is 2.35. The maximum Gasteiger partial charge on any atom is 0.410 e. The Morgan fingerprint density at radius 1 is 1.17 bits per heavy atom. The Kier molecular flexibility index (Phi) is 7.68. The smallest absolute Gasteiger partial charge is 0.410 e. The second-order valence-corrected chi connectivity index (χ2v) is 10.6. The molecule has 0 radical (unpaired) electrons. The molecule has 2 aliphatic heterocycles. The number of rotatable bonds is 4. The summed E-state index contributed by atoms with van der Waals surface area (Å²) in [6.07, 6.45) is 0.519. The predicted molar refractivity (Wildman–Crippen MR) is 137 cm³/mol. The number of halogens is 1. The maximum atomic E-state index is 12.8. The number of ether oxygens (including phenoxy) is 1. The Morgan fingerprint density at radius 2 is 1.92 bits per heavy atom. The van der Waals surface area contributed by atoms with Crippen LogP contribution in [-0.4, -0.2) is 58.7 Å². The molecular formula is C27H31ClN6O2. The van der Waals surface area contributed by atoms with E-state index < -0.39 is 11.7 Å². The summed E-state index contributed by atoms with van der Waals surface area (Å²) in [6.45, 7) is 9.13. The fourth-order valence-corrected chi connectivity index (χ4v) is 5.11. The van der Waals surface area contributed by atoms with Crippen molar-refractivity contribution in [3.8, 4) is 12.1 Å². The van der Waals surface area contributed by atoms with Gasteiger partial charge in [0.1, 0.15) is 22.6 Å². The quantitative estimate of drug-likeness (QED) is 0.563. The Hall–Kier alpha value is -3.33. The molecule has 36 heavy (non-hydrogen) atoms. The van der Waals surface area contributed by atoms with Crippen LogP contribution in [0.4, 0.5) is 10.6 Å². The molecule has 0 spiro atoms. The van der Waals surface area contributed by atoms with E-state index in [0.717, 1.165) is 36.5 Å². The number of aromatic nitrogens is 1. The highest BCUT2D eigenvalue weighted by molar-refractivity contribution is 6.30. The standard InChI is InChI=1S/C27H31ClN6O2/c1-27(2,3)36-26(35)34-14-13-33(17-20(34)9-11-29)25-21-10-12-32(16-19-7-5-4-6-8-19)18-23(21)22(15-30)24(28)31-25/h4-8,20H,9-10,12-14,16-18H2,1-3H3. The average Bonchev–Trinajstić information content (AvgIpc) is 2.83. The molecule has 9 heteroatoms. The molecule has 188 valence electrons. The van der Waals surface area contributed by atoms with Crippen molar-refractivity contribution in [3.63, 3.8) is 0 Å². The first-order valence-corrected chi connectivity index (χ1v) is 12.6. The molecule has 1 atom stereocenters. The van der Waals surface area contributed by atoms with Gasteiger partial charge in [0.25, 0.3) is 0 Å². The lowest BCUT2D eigenvalue weighted by Crippen LogP contribution is -2.56. The Bertz CT molecular complexity index is 1200. The van der Waals surface area contributed by atoms with E-state index >= 15 is 0 Å². The first-order chi connectivity index (χ1) is 17.2. The molecule has 2 aliphatic rings. The number of carbonyl (C=O) groups excluding carboxylic acids is 1. The fraction of sp³-hybridized carbons (Fsp3) is 0.481. The van der Waals surface area contributed by atoms with Gasteiger partial charge in [-0.05, 0) is 38.3 Å². The normalized spacial score (nSPS) is 18.2. The SMILES string of the molecule is CC(C)(C)OC(=O)N1CCN(c2nc(Cl)c(C#N)c3c2CCN(Cc2ccccc2)C3)CC1CC#N. The Balaban J connectivity index is 1.59. The van der Waals surface area contributed by atoms with E-state index in [2.05, 4.69) is 39.1 Å². The van der Waals surface area contributed by atoms with Crippen LogP contribution in [-0.2, 0) is 24.2 Å². The number of piperazine rings is 1. The zero-order valence-corrected chi connectivity index (χ0v) is 21.8. The van der Waals surface area contributed by atoms with Crippen molar-refractivity contribution in [2.75, 3.05) is 31.1 Å². The molecule has 1 amide bonds. The fourth-order valence-electron chi connectivity index (χ4n) is 4.88. The van der Waals surface area contributed by atoms with Crippen LogP contribution in [0, 0.1) is 22.7 Å². The minimum atomic E-state index is -0.613. The average molecular weight is 507 g/mol. The molecule has 0 bridgehead atoms. The van der Waals surface area contributed by atoms with Crippen molar-refractivity contribution in [1.82, 2.24) is 14.8 Å². The molecule has 0 saturated carbocycles. The van der Waals surface area contributed by atoms with Gasteiger partial charge in [0, 0.05) is 44.8 Å². The van der Waals surface area contributed by atoms with Gasteiger partial charge in [0.15, 0.2) is 0 Å². The highest BCUT2D eigenvalue weighted by atomic mass is 35.5. The second-order valence-electron chi connectivity index (χ2n) is 10.3. The number of fused-ring (bicyclic) bond motifs is 1. The van der Waals surface area contributed by atoms with Gasteiger partial charge in [0.05, 0.1) is 24.1 Å². The molecule has 1 saturated heterocycles. The highest BCUT2D eigenvalue weighted by Gasteiger charge is 2.36. The van der Waals surface area contributed by atoms with Crippen LogP contribution < -0.4 is 4.90 Å². The van der Waals surface area contributed by atoms with Gasteiger partial charge in [-0.2, -0.15) is 10.5 Å². The lowest BCUT2D eigenvalue weighted by Gasteiger charge is -2.42. The predicted octanol–water partition coefficient (Wildman–Crippen LogP) is 4.50. The number of benzene rings is 1. The van der Waals surface area contributed by atoms with Crippen molar-refractivity contribution >= 4 is 23.5 Å². The Morgan fingerprint density at radius 3 is 2.58 bits per heavy atom. The molecular weight excluding hydrogens is 476 g/mol. The number of hydrogen-bond acceptors (Lipinski definition) is 7. The summed E-state index contributed by atoms with van der Waals surface area (Å²) in [5, 5.41) is 19.5. The number of nitriles is 2. The van der Waals surface area contributed by atoms with Crippen molar-refractivity contribution in [2.24, 2.45) is 0 Å². The maximum absolute atomic E-state index is 12.8. The van der Waals surface area contributed by atoms with Gasteiger partial charge in [0.2, 0.25) is 0 Å². The first kappa shape index (κ1) is 25.8. The van der Waals surface area contributed by atoms with E-state index in [4.69, 9.17) is 16.3 Å². The molecule has 0 aliphatic carbocycles. The van der Waals surface area contributed by atoms with Crippen molar-refractivity contribution < 1.29 is 9.53 Å². The summed E-state index contributed by atoms with van der Waals surface area (Å²) < 4.78 is 5.58. The minimum absolute atomic E-state index is 0.187. The second kappa shape index (κ2) is 10.7. The lowest BCUT2D eigenvalue weighted by atomic mass is 9.95. The molecule has 4 rings (SSSR count). The van der Waals surface area contributed by atoms with E-state index in [1.165, 1.54) is 5.56 Å². The summed E-state index contributed by atoms with van der Waals surface area (Å²) in [4.78, 5) is 23.5. The first-order valence-electron chi connectivity index (χ1n) is 12.2. The minimum Gasteiger partial charge on any atom is -0.444 e. The van der Waals surface area contributed by atoms with Crippen LogP contribution in [0.25, 0.3) is 0 Å². The third-order valence-electron chi connectivity index (χ3n) is 6.50. The van der Waals surface area contributed by atoms with Crippen LogP contribution in [0.15, 0.2) is 30.3 Å². The number of hydrogen-bond donors (Lipinski definition) is 0. The molecule has 3 heterocycles. The Labute approximate surface area is 217 Å². The van der Waals surface area contributed by atoms with E-state index in [9.17, 15) is 15.3 Å². The van der Waals surface area contributed by atoms with Gasteiger partial charge >= 0.3 is 6.09 Å². The summed E-state index contributed by atoms with van der Waals surface area (Å²) in [6, 6.07) is 14.4. The largest absolute Gasteiger partial charge is 0.444 e. The van der Waals surface area contributed by atoms with Crippen LogP contribution in [0.5, 0.6) is 0 Å². The lowest BCUT2D eigenvalue weighted by molar-refractivity contribution is 0.0145. The van der Waals surface area contributed by atoms with Gasteiger partial charge in [-0.15, -0.1) is 0 Å². The summed E-state index contributed by atoms with van der Waals surface area (Å²) in [5.74, 6) is 0.750. The number of amides is 1. The van der Waals surface area contributed by atoms with Crippen molar-refractivity contribution in [3.05, 3.63) is 57.7 Å². The molecule has 1 fully saturated rings. The van der Waals surface area contributed by atoms with Crippen LogP contribution >= 0.6 is 11.6 Å². The van der Waals surface area contributed by atoms with Crippen LogP contribution in [0.1, 0.15) is 49.4 Å². The summed E-state index contributed by atoms with van der Waals surface area (Å²) in [7, 11) is 0. The topological polar surface area (TPSA) is 96.5 Å². The van der Waals surface area contributed by atoms with Gasteiger partial charge in [-0.1, -0.05) is 41.9 Å². The van der Waals surface area contributed by atoms with Gasteiger partial charge < -0.3 is 14.5 Å². The molecule has 2 aromatic rings. The summed E-state index contributed by atoms with van der Waals surface area (Å²) >= 11 is 6.53. The van der Waals surface area contributed by atoms with Crippen LogP contribution in [0.2, 0.25) is 5.15 Å². The zero-order chi connectivity index (χ0) is 25.9. The monoisotopic (exact) mass is 506 g/mol. The van der Waals surface area contributed by atoms with E-state index in [1.807, 2.05) is 39.0 Å². The van der Waals surface area contributed by atoms with E-state index in [-0.39, 0.29) is 17.6 Å². The number of anilines is 1. The molecule has 0 N–H and O–H groups in total. The van der Waals surface area contributed by atoms with Crippen molar-refractivity contribution in [2.45, 2.75) is 58.3 Å². The third kappa shape index (κ3) is 5.73. The van der Waals surface area contributed by atoms with E-state index in [0.29, 0.717) is 31.7 Å². The molecule has 8 nitrogen and oxygen atoms in total. The van der Waals surface area contributed by atoms with Crippen LogP contribution in [0.3, 0.4) is 0 Å². The number of carbonyl (C=O) groups is 1. The zero-order valence-electron chi connectivity index (χ0n) is 21.0. The number of pyridine rings is 1. The third-order valence-corrected chi connectivity index (χ3v) is 6.78. The molecule has 1 aromatic carbocycles. The van der Waals surface area contributed by atoms with Gasteiger partial charge in [-0.3, -0.25) is 4.90 Å². The molecule has 1 aromatic heterocycles. The van der Waals surface area contributed by atoms with E-state index in [1.54, 1.807) is 4.90 Å². The van der Waals surface area contributed by atoms with Gasteiger partial charge in [-0.25, -0.2) is 9.78 Å². The molecule has 1 unspecified atom stereocenters. The number of nitrogens with zero attached hydrogens (tertiary/aromatic N) is 6.